The molecule has 0 unspecified atom stereocenters. The molecule has 9 heteroatoms. The first-order valence-corrected chi connectivity index (χ1v) is 8.98. The van der Waals surface area contributed by atoms with E-state index in [1.54, 1.807) is 6.08 Å². The first-order valence-electron chi connectivity index (χ1n) is 8.60. The Morgan fingerprint density at radius 1 is 1.29 bits per heavy atom. The summed E-state index contributed by atoms with van der Waals surface area (Å²) in [4.78, 5) is 37.4. The quantitative estimate of drug-likeness (QED) is 0.769. The second kappa shape index (κ2) is 6.92. The van der Waals surface area contributed by atoms with Gasteiger partial charge in [-0.25, -0.2) is 0 Å². The van der Waals surface area contributed by atoms with Crippen molar-refractivity contribution in [3.05, 3.63) is 40.6 Å². The lowest BCUT2D eigenvalue weighted by molar-refractivity contribution is -0.137. The fourth-order valence-corrected chi connectivity index (χ4v) is 3.81. The standard InChI is InChI=1S/C19H18ClF3N2O3/c1-18(2)7-13-16(14(26)8-18)10(6-15(27)24-13)17(28)25-12-5-9(19(21,22)23)3-4-11(12)20/h3-5,7,10,16H,6,8H2,1-2H3,(H,24,27)(H,25,28)/t10-,16-/m0/s1. The number of amides is 2. The molecule has 1 aromatic carbocycles. The number of fused-ring (bicyclic) bond motifs is 1. The summed E-state index contributed by atoms with van der Waals surface area (Å²) < 4.78 is 38.8. The molecule has 3 rings (SSSR count). The van der Waals surface area contributed by atoms with Crippen molar-refractivity contribution >= 4 is 34.9 Å². The van der Waals surface area contributed by atoms with Crippen LogP contribution in [0.15, 0.2) is 30.0 Å². The number of nitrogens with one attached hydrogen (secondary N) is 2. The third kappa shape index (κ3) is 4.06. The van der Waals surface area contributed by atoms with Gasteiger partial charge in [0.05, 0.1) is 28.1 Å². The predicted octanol–water partition coefficient (Wildman–Crippen LogP) is 3.93. The van der Waals surface area contributed by atoms with E-state index in [1.807, 2.05) is 13.8 Å². The van der Waals surface area contributed by atoms with Crippen LogP contribution in [0.1, 0.15) is 32.3 Å². The van der Waals surface area contributed by atoms with Crippen LogP contribution in [0.25, 0.3) is 0 Å². The number of Topliss-reactive ketones (excluding diaryl/α,β-unsaturated/α-hetero) is 1. The van der Waals surface area contributed by atoms with E-state index in [2.05, 4.69) is 10.6 Å². The van der Waals surface area contributed by atoms with Gasteiger partial charge in [0, 0.05) is 18.5 Å². The number of benzene rings is 1. The Hall–Kier alpha value is -2.35. The molecular weight excluding hydrogens is 397 g/mol. The monoisotopic (exact) mass is 414 g/mol. The summed E-state index contributed by atoms with van der Waals surface area (Å²) in [5.74, 6) is -3.20. The van der Waals surface area contributed by atoms with Crippen molar-refractivity contribution in [1.29, 1.82) is 0 Å². The number of halogens is 4. The lowest BCUT2D eigenvalue weighted by Gasteiger charge is -2.38. The van der Waals surface area contributed by atoms with E-state index < -0.39 is 40.8 Å². The second-order valence-corrected chi connectivity index (χ2v) is 8.16. The zero-order chi connectivity index (χ0) is 20.9. The molecule has 1 saturated heterocycles. The van der Waals surface area contributed by atoms with Crippen molar-refractivity contribution in [2.75, 3.05) is 5.32 Å². The number of rotatable bonds is 2. The van der Waals surface area contributed by atoms with Crippen LogP contribution in [0.3, 0.4) is 0 Å². The highest BCUT2D eigenvalue weighted by molar-refractivity contribution is 6.33. The smallest absolute Gasteiger partial charge is 0.329 e. The van der Waals surface area contributed by atoms with E-state index in [9.17, 15) is 27.6 Å². The molecule has 2 N–H and O–H groups in total. The molecule has 1 aliphatic carbocycles. The molecule has 0 saturated carbocycles. The molecule has 0 bridgehead atoms. The van der Waals surface area contributed by atoms with Crippen LogP contribution in [-0.2, 0) is 20.6 Å². The highest BCUT2D eigenvalue weighted by atomic mass is 35.5. The van der Waals surface area contributed by atoms with Crippen LogP contribution in [0.4, 0.5) is 18.9 Å². The van der Waals surface area contributed by atoms with Crippen LogP contribution in [0, 0.1) is 17.3 Å². The van der Waals surface area contributed by atoms with Gasteiger partial charge in [0.15, 0.2) is 0 Å². The number of carbonyl (C=O) groups excluding carboxylic acids is 3. The van der Waals surface area contributed by atoms with E-state index in [1.165, 1.54) is 0 Å². The van der Waals surface area contributed by atoms with Crippen molar-refractivity contribution in [2.24, 2.45) is 17.3 Å². The maximum Gasteiger partial charge on any atom is 0.416 e. The lowest BCUT2D eigenvalue weighted by Crippen LogP contribution is -2.49. The Morgan fingerprint density at radius 3 is 2.61 bits per heavy atom. The molecule has 2 atom stereocenters. The normalized spacial score (nSPS) is 24.1. The highest BCUT2D eigenvalue weighted by Gasteiger charge is 2.46. The van der Waals surface area contributed by atoms with Gasteiger partial charge in [0.1, 0.15) is 5.78 Å². The third-order valence-electron chi connectivity index (χ3n) is 4.84. The summed E-state index contributed by atoms with van der Waals surface area (Å²) in [6, 6.07) is 2.57. The average molecular weight is 415 g/mol. The van der Waals surface area contributed by atoms with Gasteiger partial charge < -0.3 is 10.6 Å². The van der Waals surface area contributed by atoms with E-state index in [0.717, 1.165) is 18.2 Å². The molecule has 0 spiro atoms. The van der Waals surface area contributed by atoms with E-state index in [0.29, 0.717) is 5.70 Å². The molecule has 28 heavy (non-hydrogen) atoms. The molecule has 2 amide bonds. The topological polar surface area (TPSA) is 75.3 Å². The fraction of sp³-hybridized carbons (Fsp3) is 0.421. The summed E-state index contributed by atoms with van der Waals surface area (Å²) in [7, 11) is 0. The van der Waals surface area contributed by atoms with E-state index >= 15 is 0 Å². The maximum absolute atomic E-state index is 12.9. The number of piperidine rings is 1. The number of hydrogen-bond donors (Lipinski definition) is 2. The number of anilines is 1. The Kier molecular flexibility index (Phi) is 5.04. The van der Waals surface area contributed by atoms with Crippen molar-refractivity contribution in [2.45, 2.75) is 32.9 Å². The summed E-state index contributed by atoms with van der Waals surface area (Å²) >= 11 is 5.92. The highest BCUT2D eigenvalue weighted by Crippen LogP contribution is 2.40. The summed E-state index contributed by atoms with van der Waals surface area (Å²) in [5, 5.41) is 4.92. The molecule has 1 fully saturated rings. The molecule has 0 aromatic heterocycles. The van der Waals surface area contributed by atoms with Crippen molar-refractivity contribution in [3.63, 3.8) is 0 Å². The summed E-state index contributed by atoms with van der Waals surface area (Å²) in [5.41, 5.74) is -1.28. The number of allylic oxidation sites excluding steroid dienone is 2. The van der Waals surface area contributed by atoms with Crippen LogP contribution in [-0.4, -0.2) is 17.6 Å². The van der Waals surface area contributed by atoms with Crippen LogP contribution in [0.5, 0.6) is 0 Å². The molecular formula is C19H18ClF3N2O3. The van der Waals surface area contributed by atoms with Crippen LogP contribution < -0.4 is 10.6 Å². The number of carbonyl (C=O) groups is 3. The number of hydrogen-bond acceptors (Lipinski definition) is 3. The number of alkyl halides is 3. The molecule has 5 nitrogen and oxygen atoms in total. The Bertz CT molecular complexity index is 893. The SMILES string of the molecule is CC1(C)C=C2NC(=O)C[C@H](C(=O)Nc3cc(C(F)(F)F)ccc3Cl)[C@@H]2C(=O)C1. The molecule has 1 aromatic rings. The first-order chi connectivity index (χ1) is 12.9. The molecule has 0 radical (unpaired) electrons. The second-order valence-electron chi connectivity index (χ2n) is 7.75. The van der Waals surface area contributed by atoms with Crippen LogP contribution >= 0.6 is 11.6 Å². The largest absolute Gasteiger partial charge is 0.416 e. The van der Waals surface area contributed by atoms with E-state index in [4.69, 9.17) is 11.6 Å². The van der Waals surface area contributed by atoms with Crippen molar-refractivity contribution < 1.29 is 27.6 Å². The Labute approximate surface area is 164 Å². The predicted molar refractivity (Wildman–Crippen MR) is 96.3 cm³/mol. The van der Waals surface area contributed by atoms with Gasteiger partial charge >= 0.3 is 6.18 Å². The molecule has 1 aliphatic heterocycles. The van der Waals surface area contributed by atoms with Gasteiger partial charge in [-0.1, -0.05) is 31.5 Å². The van der Waals surface area contributed by atoms with Crippen molar-refractivity contribution in [1.82, 2.24) is 5.32 Å². The van der Waals surface area contributed by atoms with Gasteiger partial charge in [-0.3, -0.25) is 14.4 Å². The van der Waals surface area contributed by atoms with Crippen molar-refractivity contribution in [3.8, 4) is 0 Å². The molecule has 2 aliphatic rings. The van der Waals surface area contributed by atoms with Gasteiger partial charge in [0.25, 0.3) is 0 Å². The minimum atomic E-state index is -4.60. The number of ketones is 1. The molecule has 1 heterocycles. The minimum Gasteiger partial charge on any atom is -0.329 e. The molecule has 150 valence electrons. The van der Waals surface area contributed by atoms with Gasteiger partial charge in [-0.05, 0) is 23.6 Å². The van der Waals surface area contributed by atoms with Gasteiger partial charge in [-0.15, -0.1) is 0 Å². The summed E-state index contributed by atoms with van der Waals surface area (Å²) in [6.45, 7) is 3.68. The van der Waals surface area contributed by atoms with Crippen LogP contribution in [0.2, 0.25) is 5.02 Å². The Balaban J connectivity index is 1.90. The minimum absolute atomic E-state index is 0.0755. The average Bonchev–Trinajstić information content (AvgIpc) is 2.53. The Morgan fingerprint density at radius 2 is 1.96 bits per heavy atom. The van der Waals surface area contributed by atoms with Gasteiger partial charge in [-0.2, -0.15) is 13.2 Å². The first kappa shape index (κ1) is 20.4. The summed E-state index contributed by atoms with van der Waals surface area (Å²) in [6.07, 6.45) is -2.88. The lowest BCUT2D eigenvalue weighted by atomic mass is 9.69. The van der Waals surface area contributed by atoms with E-state index in [-0.39, 0.29) is 29.3 Å². The zero-order valence-electron chi connectivity index (χ0n) is 15.1. The third-order valence-corrected chi connectivity index (χ3v) is 5.17. The maximum atomic E-state index is 12.9. The van der Waals surface area contributed by atoms with Gasteiger partial charge in [0.2, 0.25) is 11.8 Å². The zero-order valence-corrected chi connectivity index (χ0v) is 15.9. The fourth-order valence-electron chi connectivity index (χ4n) is 3.65.